The quantitative estimate of drug-likeness (QED) is 0.597. The number of sulfonamides is 1. The molecule has 0 aliphatic heterocycles. The number of carbonyl (C=O) groups excluding carboxylic acids is 1. The van der Waals surface area contributed by atoms with E-state index in [-0.39, 0.29) is 10.1 Å². The predicted octanol–water partition coefficient (Wildman–Crippen LogP) is 3.84. The summed E-state index contributed by atoms with van der Waals surface area (Å²) in [5.41, 5.74) is 3.26. The van der Waals surface area contributed by atoms with Crippen molar-refractivity contribution in [2.75, 3.05) is 18.9 Å². The number of benzene rings is 1. The highest BCUT2D eigenvalue weighted by Gasteiger charge is 2.19. The van der Waals surface area contributed by atoms with E-state index < -0.39 is 10.0 Å². The van der Waals surface area contributed by atoms with Crippen molar-refractivity contribution in [3.63, 3.8) is 0 Å². The van der Waals surface area contributed by atoms with Crippen molar-refractivity contribution in [1.29, 1.82) is 0 Å². The van der Waals surface area contributed by atoms with Crippen LogP contribution < -0.4 is 9.46 Å². The highest BCUT2D eigenvalue weighted by atomic mass is 32.2. The van der Waals surface area contributed by atoms with Crippen molar-refractivity contribution in [3.05, 3.63) is 70.4 Å². The van der Waals surface area contributed by atoms with Crippen LogP contribution in [0.5, 0.6) is 5.75 Å². The van der Waals surface area contributed by atoms with E-state index in [0.717, 1.165) is 33.9 Å². The number of hydrogen-bond donors (Lipinski definition) is 1. The number of rotatable bonds is 7. The lowest BCUT2D eigenvalue weighted by Gasteiger charge is -2.20. The molecule has 0 bridgehead atoms. The van der Waals surface area contributed by atoms with Crippen LogP contribution in [0.1, 0.15) is 27.2 Å². The zero-order chi connectivity index (χ0) is 21.9. The fraction of sp³-hybridized carbons (Fsp3) is 0.238. The van der Waals surface area contributed by atoms with Gasteiger partial charge in [0.05, 0.1) is 19.3 Å². The maximum absolute atomic E-state index is 12.9. The Hall–Kier alpha value is -2.91. The van der Waals surface area contributed by atoms with Gasteiger partial charge in [-0.25, -0.2) is 8.42 Å². The third kappa shape index (κ3) is 4.63. The number of ether oxygens (including phenoxy) is 1. The number of carbonyl (C=O) groups is 1. The van der Waals surface area contributed by atoms with Gasteiger partial charge in [0.1, 0.15) is 9.96 Å². The number of methoxy groups -OCH3 is 1. The second-order valence-electron chi connectivity index (χ2n) is 6.83. The zero-order valence-electron chi connectivity index (χ0n) is 17.2. The first-order chi connectivity index (χ1) is 14.2. The summed E-state index contributed by atoms with van der Waals surface area (Å²) < 4.78 is 33.0. The molecule has 1 amide bonds. The molecule has 0 fully saturated rings. The Morgan fingerprint density at radius 3 is 2.67 bits per heavy atom. The van der Waals surface area contributed by atoms with Gasteiger partial charge in [0.2, 0.25) is 0 Å². The van der Waals surface area contributed by atoms with Gasteiger partial charge in [-0.2, -0.15) is 0 Å². The van der Waals surface area contributed by atoms with Crippen LogP contribution in [0.15, 0.2) is 52.2 Å². The molecular formula is C21H23N3O4S2. The lowest BCUT2D eigenvalue weighted by molar-refractivity contribution is 0.0783. The molecule has 7 nitrogen and oxygen atoms in total. The van der Waals surface area contributed by atoms with E-state index in [1.54, 1.807) is 50.0 Å². The van der Waals surface area contributed by atoms with Crippen LogP contribution in [0.4, 0.5) is 5.69 Å². The summed E-state index contributed by atoms with van der Waals surface area (Å²) in [5.74, 6) is 0.513. The Balaban J connectivity index is 1.78. The molecule has 0 saturated heterocycles. The number of nitrogens with one attached hydrogen (secondary N) is 1. The highest BCUT2D eigenvalue weighted by Crippen LogP contribution is 2.25. The molecule has 30 heavy (non-hydrogen) atoms. The second kappa shape index (κ2) is 8.85. The van der Waals surface area contributed by atoms with Crippen LogP contribution >= 0.6 is 11.3 Å². The summed E-state index contributed by atoms with van der Waals surface area (Å²) in [6.45, 7) is 4.12. The van der Waals surface area contributed by atoms with Crippen LogP contribution in [-0.4, -0.2) is 38.4 Å². The monoisotopic (exact) mass is 445 g/mol. The average molecular weight is 446 g/mol. The van der Waals surface area contributed by atoms with Gasteiger partial charge < -0.3 is 9.64 Å². The summed E-state index contributed by atoms with van der Waals surface area (Å²) >= 11 is 1.13. The molecule has 1 aromatic carbocycles. The van der Waals surface area contributed by atoms with Gasteiger partial charge in [0, 0.05) is 35.6 Å². The zero-order valence-corrected chi connectivity index (χ0v) is 18.8. The minimum atomic E-state index is -3.68. The molecule has 0 spiro atoms. The fourth-order valence-corrected chi connectivity index (χ4v) is 5.13. The van der Waals surface area contributed by atoms with Crippen molar-refractivity contribution in [2.45, 2.75) is 24.6 Å². The van der Waals surface area contributed by atoms with E-state index in [1.807, 2.05) is 13.8 Å². The predicted molar refractivity (Wildman–Crippen MR) is 118 cm³/mol. The van der Waals surface area contributed by atoms with E-state index in [1.165, 1.54) is 17.0 Å². The normalized spacial score (nSPS) is 11.2. The highest BCUT2D eigenvalue weighted by molar-refractivity contribution is 7.94. The van der Waals surface area contributed by atoms with Gasteiger partial charge in [0.25, 0.3) is 15.9 Å². The molecule has 2 heterocycles. The van der Waals surface area contributed by atoms with Crippen LogP contribution in [0.3, 0.4) is 0 Å². The number of anilines is 1. The summed E-state index contributed by atoms with van der Waals surface area (Å²) in [5, 5.41) is 1.69. The Labute approximate surface area is 180 Å². The number of aryl methyl sites for hydroxylation is 1. The van der Waals surface area contributed by atoms with Gasteiger partial charge in [-0.1, -0.05) is 12.1 Å². The second-order valence-corrected chi connectivity index (χ2v) is 9.68. The first kappa shape index (κ1) is 21.8. The number of amides is 1. The van der Waals surface area contributed by atoms with Gasteiger partial charge in [0.15, 0.2) is 0 Å². The largest absolute Gasteiger partial charge is 0.496 e. The van der Waals surface area contributed by atoms with Crippen LogP contribution in [0.25, 0.3) is 0 Å². The summed E-state index contributed by atoms with van der Waals surface area (Å²) in [6.07, 6.45) is 1.72. The van der Waals surface area contributed by atoms with E-state index >= 15 is 0 Å². The third-order valence-electron chi connectivity index (χ3n) is 4.61. The lowest BCUT2D eigenvalue weighted by Crippen LogP contribution is -2.27. The molecule has 0 unspecified atom stereocenters. The van der Waals surface area contributed by atoms with Crippen LogP contribution in [0, 0.1) is 13.8 Å². The molecule has 2 aromatic heterocycles. The lowest BCUT2D eigenvalue weighted by atomic mass is 10.1. The number of pyridine rings is 1. The SMILES string of the molecule is COc1c(C)cnc(CN(C)C(=O)c2cccc(NS(=O)(=O)c3cccs3)c2)c1C. The standard InChI is InChI=1S/C21H23N3O4S2/c1-14-12-22-18(15(2)20(14)28-4)13-24(3)21(25)16-7-5-8-17(11-16)23-30(26,27)19-9-6-10-29-19/h5-12,23H,13H2,1-4H3. The smallest absolute Gasteiger partial charge is 0.271 e. The topological polar surface area (TPSA) is 88.6 Å². The van der Waals surface area contributed by atoms with Gasteiger partial charge in [-0.15, -0.1) is 11.3 Å². The number of aromatic nitrogens is 1. The molecule has 0 saturated carbocycles. The molecule has 0 aliphatic rings. The molecule has 9 heteroatoms. The molecule has 1 N–H and O–H groups in total. The number of thiophene rings is 1. The summed E-state index contributed by atoms with van der Waals surface area (Å²) in [4.78, 5) is 18.9. The van der Waals surface area contributed by atoms with Crippen LogP contribution in [-0.2, 0) is 16.6 Å². The molecule has 158 valence electrons. The Morgan fingerprint density at radius 2 is 2.00 bits per heavy atom. The van der Waals surface area contributed by atoms with E-state index in [4.69, 9.17) is 4.74 Å². The number of hydrogen-bond acceptors (Lipinski definition) is 6. The summed E-state index contributed by atoms with van der Waals surface area (Å²) in [7, 11) is -0.392. The molecule has 0 radical (unpaired) electrons. The Kier molecular flexibility index (Phi) is 6.42. The fourth-order valence-electron chi connectivity index (χ4n) is 3.08. The third-order valence-corrected chi connectivity index (χ3v) is 7.38. The van der Waals surface area contributed by atoms with Crippen molar-refractivity contribution in [2.24, 2.45) is 0 Å². The van der Waals surface area contributed by atoms with Crippen molar-refractivity contribution < 1.29 is 17.9 Å². The Bertz CT molecular complexity index is 1160. The van der Waals surface area contributed by atoms with E-state index in [9.17, 15) is 13.2 Å². The average Bonchev–Trinajstić information content (AvgIpc) is 3.26. The van der Waals surface area contributed by atoms with Crippen molar-refractivity contribution in [1.82, 2.24) is 9.88 Å². The maximum Gasteiger partial charge on any atom is 0.271 e. The maximum atomic E-state index is 12.9. The molecule has 3 rings (SSSR count). The van der Waals surface area contributed by atoms with Crippen molar-refractivity contribution >= 4 is 33.0 Å². The van der Waals surface area contributed by atoms with E-state index in [0.29, 0.717) is 17.8 Å². The van der Waals surface area contributed by atoms with Crippen molar-refractivity contribution in [3.8, 4) is 5.75 Å². The summed E-state index contributed by atoms with van der Waals surface area (Å²) in [6, 6.07) is 9.63. The first-order valence-corrected chi connectivity index (χ1v) is 11.5. The minimum Gasteiger partial charge on any atom is -0.496 e. The number of nitrogens with zero attached hydrogens (tertiary/aromatic N) is 2. The Morgan fingerprint density at radius 1 is 1.23 bits per heavy atom. The first-order valence-electron chi connectivity index (χ1n) is 9.14. The van der Waals surface area contributed by atoms with Gasteiger partial charge in [-0.3, -0.25) is 14.5 Å². The molecule has 0 atom stereocenters. The van der Waals surface area contributed by atoms with Gasteiger partial charge in [-0.05, 0) is 43.5 Å². The van der Waals surface area contributed by atoms with Gasteiger partial charge >= 0.3 is 0 Å². The minimum absolute atomic E-state index is 0.214. The molecule has 0 aliphatic carbocycles. The molecule has 3 aromatic rings. The van der Waals surface area contributed by atoms with Crippen LogP contribution in [0.2, 0.25) is 0 Å². The van der Waals surface area contributed by atoms with E-state index in [2.05, 4.69) is 9.71 Å². The molecular weight excluding hydrogens is 422 g/mol.